The molecule has 96 valence electrons. The number of benzene rings is 1. The Balaban J connectivity index is 2.81. The molecule has 0 unspecified atom stereocenters. The molecule has 17 heavy (non-hydrogen) atoms. The summed E-state index contributed by atoms with van der Waals surface area (Å²) in [7, 11) is 0. The molecule has 0 fully saturated rings. The third-order valence-electron chi connectivity index (χ3n) is 3.07. The molecule has 1 aromatic rings. The number of ether oxygens (including phenoxy) is 1. The molecule has 0 radical (unpaired) electrons. The lowest BCUT2D eigenvalue weighted by atomic mass is 9.99. The molecular formula is C13H20FNO2. The molecule has 0 amide bonds. The number of rotatable bonds is 6. The van der Waals surface area contributed by atoms with Gasteiger partial charge in [0.1, 0.15) is 6.61 Å². The highest BCUT2D eigenvalue weighted by Gasteiger charge is 2.24. The largest absolute Gasteiger partial charge is 0.487 e. The van der Waals surface area contributed by atoms with Gasteiger partial charge in [0.05, 0.1) is 5.60 Å². The van der Waals surface area contributed by atoms with E-state index in [0.717, 1.165) is 0 Å². The Kier molecular flexibility index (Phi) is 4.90. The quantitative estimate of drug-likeness (QED) is 0.803. The first kappa shape index (κ1) is 13.9. The van der Waals surface area contributed by atoms with E-state index in [1.165, 1.54) is 6.07 Å². The highest BCUT2D eigenvalue weighted by molar-refractivity contribution is 5.34. The van der Waals surface area contributed by atoms with Crippen molar-refractivity contribution in [1.82, 2.24) is 0 Å². The minimum atomic E-state index is -0.909. The van der Waals surface area contributed by atoms with Crippen LogP contribution in [0.4, 0.5) is 4.39 Å². The van der Waals surface area contributed by atoms with Gasteiger partial charge in [-0.15, -0.1) is 0 Å². The summed E-state index contributed by atoms with van der Waals surface area (Å²) in [5.74, 6) is -0.294. The maximum atomic E-state index is 13.6. The van der Waals surface area contributed by atoms with Crippen LogP contribution in [-0.2, 0) is 6.54 Å². The summed E-state index contributed by atoms with van der Waals surface area (Å²) in [6.07, 6.45) is 1.13. The van der Waals surface area contributed by atoms with Crippen LogP contribution in [0.2, 0.25) is 0 Å². The molecule has 4 heteroatoms. The molecule has 0 saturated heterocycles. The average molecular weight is 241 g/mol. The smallest absolute Gasteiger partial charge is 0.165 e. The number of aliphatic hydroxyl groups is 1. The second kappa shape index (κ2) is 5.98. The van der Waals surface area contributed by atoms with Crippen molar-refractivity contribution < 1.29 is 14.2 Å². The zero-order valence-corrected chi connectivity index (χ0v) is 10.4. The lowest BCUT2D eigenvalue weighted by Gasteiger charge is -2.25. The fourth-order valence-electron chi connectivity index (χ4n) is 1.54. The van der Waals surface area contributed by atoms with E-state index >= 15 is 0 Å². The molecule has 0 aliphatic carbocycles. The van der Waals surface area contributed by atoms with Crippen LogP contribution in [0.1, 0.15) is 32.3 Å². The summed E-state index contributed by atoms with van der Waals surface area (Å²) in [6, 6.07) is 4.64. The van der Waals surface area contributed by atoms with Gasteiger partial charge in [-0.2, -0.15) is 0 Å². The molecule has 0 heterocycles. The highest BCUT2D eigenvalue weighted by Crippen LogP contribution is 2.24. The SMILES string of the molecule is CCC(O)(CC)COc1c(F)cccc1CN. The van der Waals surface area contributed by atoms with Crippen LogP contribution >= 0.6 is 0 Å². The Labute approximate surface area is 101 Å². The fraction of sp³-hybridized carbons (Fsp3) is 0.538. The second-order valence-electron chi connectivity index (χ2n) is 4.15. The number of nitrogens with two attached hydrogens (primary N) is 1. The van der Waals surface area contributed by atoms with Crippen molar-refractivity contribution in [3.8, 4) is 5.75 Å². The molecule has 0 aliphatic heterocycles. The van der Waals surface area contributed by atoms with E-state index in [1.807, 2.05) is 13.8 Å². The summed E-state index contributed by atoms with van der Waals surface area (Å²) in [6.45, 7) is 4.04. The predicted molar refractivity (Wildman–Crippen MR) is 65.3 cm³/mol. The first-order chi connectivity index (χ1) is 8.06. The molecule has 3 N–H and O–H groups in total. The zero-order valence-electron chi connectivity index (χ0n) is 10.4. The zero-order chi connectivity index (χ0) is 12.9. The minimum Gasteiger partial charge on any atom is -0.487 e. The van der Waals surface area contributed by atoms with Crippen LogP contribution in [0.5, 0.6) is 5.75 Å². The van der Waals surface area contributed by atoms with Crippen molar-refractivity contribution in [3.05, 3.63) is 29.6 Å². The van der Waals surface area contributed by atoms with E-state index in [0.29, 0.717) is 18.4 Å². The molecule has 0 saturated carbocycles. The molecule has 0 atom stereocenters. The second-order valence-corrected chi connectivity index (χ2v) is 4.15. The van der Waals surface area contributed by atoms with Gasteiger partial charge in [-0.3, -0.25) is 0 Å². The van der Waals surface area contributed by atoms with Gasteiger partial charge in [0.15, 0.2) is 11.6 Å². The first-order valence-electron chi connectivity index (χ1n) is 5.89. The maximum Gasteiger partial charge on any atom is 0.165 e. The van der Waals surface area contributed by atoms with Crippen molar-refractivity contribution in [2.45, 2.75) is 38.8 Å². The van der Waals surface area contributed by atoms with Gasteiger partial charge < -0.3 is 15.6 Å². The third kappa shape index (κ3) is 3.41. The maximum absolute atomic E-state index is 13.6. The lowest BCUT2D eigenvalue weighted by molar-refractivity contribution is -0.0125. The van der Waals surface area contributed by atoms with Crippen LogP contribution in [0.25, 0.3) is 0 Å². The van der Waals surface area contributed by atoms with Gasteiger partial charge in [0.25, 0.3) is 0 Å². The van der Waals surface area contributed by atoms with E-state index in [4.69, 9.17) is 10.5 Å². The Bertz CT molecular complexity index is 364. The molecule has 0 aliphatic rings. The summed E-state index contributed by atoms with van der Waals surface area (Å²) in [5.41, 5.74) is 5.22. The summed E-state index contributed by atoms with van der Waals surface area (Å²) in [4.78, 5) is 0. The van der Waals surface area contributed by atoms with Crippen LogP contribution in [0.3, 0.4) is 0 Å². The van der Waals surface area contributed by atoms with Crippen LogP contribution in [0.15, 0.2) is 18.2 Å². The molecule has 3 nitrogen and oxygen atoms in total. The van der Waals surface area contributed by atoms with E-state index < -0.39 is 11.4 Å². The molecule has 0 aromatic heterocycles. The third-order valence-corrected chi connectivity index (χ3v) is 3.07. The number of hydrogen-bond acceptors (Lipinski definition) is 3. The van der Waals surface area contributed by atoms with Gasteiger partial charge in [-0.05, 0) is 18.9 Å². The Morgan fingerprint density at radius 2 is 2.00 bits per heavy atom. The number of hydrogen-bond donors (Lipinski definition) is 2. The molecule has 0 bridgehead atoms. The Morgan fingerprint density at radius 3 is 2.53 bits per heavy atom. The van der Waals surface area contributed by atoms with Gasteiger partial charge in [-0.25, -0.2) is 4.39 Å². The van der Waals surface area contributed by atoms with Gasteiger partial charge in [0, 0.05) is 12.1 Å². The molecule has 1 rings (SSSR count). The lowest BCUT2D eigenvalue weighted by Crippen LogP contribution is -2.34. The van der Waals surface area contributed by atoms with Crippen LogP contribution in [0, 0.1) is 5.82 Å². The predicted octanol–water partition coefficient (Wildman–Crippen LogP) is 2.21. The summed E-state index contributed by atoms with van der Waals surface area (Å²) >= 11 is 0. The van der Waals surface area contributed by atoms with E-state index in [9.17, 15) is 9.50 Å². The average Bonchev–Trinajstić information content (AvgIpc) is 2.36. The van der Waals surface area contributed by atoms with Crippen molar-refractivity contribution in [2.75, 3.05) is 6.61 Å². The molecule has 0 spiro atoms. The Morgan fingerprint density at radius 1 is 1.35 bits per heavy atom. The first-order valence-corrected chi connectivity index (χ1v) is 5.89. The fourth-order valence-corrected chi connectivity index (χ4v) is 1.54. The standard InChI is InChI=1S/C13H20FNO2/c1-3-13(16,4-2)9-17-12-10(8-15)6-5-7-11(12)14/h5-7,16H,3-4,8-9,15H2,1-2H3. The summed E-state index contributed by atoms with van der Waals surface area (Å²) < 4.78 is 19.0. The van der Waals surface area contributed by atoms with Crippen molar-refractivity contribution >= 4 is 0 Å². The monoisotopic (exact) mass is 241 g/mol. The summed E-state index contributed by atoms with van der Waals surface area (Å²) in [5, 5.41) is 10.1. The molecular weight excluding hydrogens is 221 g/mol. The van der Waals surface area contributed by atoms with E-state index in [1.54, 1.807) is 12.1 Å². The van der Waals surface area contributed by atoms with E-state index in [2.05, 4.69) is 0 Å². The van der Waals surface area contributed by atoms with Crippen molar-refractivity contribution in [1.29, 1.82) is 0 Å². The Hall–Kier alpha value is -1.13. The van der Waals surface area contributed by atoms with Gasteiger partial charge in [0.2, 0.25) is 0 Å². The highest BCUT2D eigenvalue weighted by atomic mass is 19.1. The number of para-hydroxylation sites is 1. The topological polar surface area (TPSA) is 55.5 Å². The molecule has 1 aromatic carbocycles. The van der Waals surface area contributed by atoms with Gasteiger partial charge >= 0.3 is 0 Å². The minimum absolute atomic E-state index is 0.0773. The normalized spacial score (nSPS) is 11.6. The van der Waals surface area contributed by atoms with Crippen molar-refractivity contribution in [2.24, 2.45) is 5.73 Å². The van der Waals surface area contributed by atoms with E-state index in [-0.39, 0.29) is 18.9 Å². The van der Waals surface area contributed by atoms with Gasteiger partial charge in [-0.1, -0.05) is 26.0 Å². The van der Waals surface area contributed by atoms with Crippen molar-refractivity contribution in [3.63, 3.8) is 0 Å². The van der Waals surface area contributed by atoms with Crippen LogP contribution < -0.4 is 10.5 Å². The van der Waals surface area contributed by atoms with Crippen LogP contribution in [-0.4, -0.2) is 17.3 Å². The number of halogens is 1.